The summed E-state index contributed by atoms with van der Waals surface area (Å²) in [5.74, 6) is 0. The van der Waals surface area contributed by atoms with E-state index in [9.17, 15) is 8.42 Å². The number of hydrogen-bond donors (Lipinski definition) is 1. The Morgan fingerprint density at radius 2 is 2.20 bits per heavy atom. The minimum absolute atomic E-state index is 0.197. The number of sulfonamides is 1. The Morgan fingerprint density at radius 1 is 1.53 bits per heavy atom. The van der Waals surface area contributed by atoms with Crippen LogP contribution >= 0.6 is 11.3 Å². The highest BCUT2D eigenvalue weighted by Crippen LogP contribution is 2.20. The van der Waals surface area contributed by atoms with Crippen molar-refractivity contribution in [1.29, 1.82) is 0 Å². The van der Waals surface area contributed by atoms with Gasteiger partial charge in [-0.05, 0) is 20.3 Å². The van der Waals surface area contributed by atoms with Gasteiger partial charge in [0.05, 0.1) is 11.3 Å². The van der Waals surface area contributed by atoms with Crippen LogP contribution in [0.25, 0.3) is 0 Å². The fraction of sp³-hybridized carbons (Fsp3) is 0.667. The van der Waals surface area contributed by atoms with Gasteiger partial charge in [0.25, 0.3) is 0 Å². The molecule has 1 N–H and O–H groups in total. The van der Waals surface area contributed by atoms with Crippen LogP contribution in [-0.2, 0) is 10.0 Å². The first-order chi connectivity index (χ1) is 6.97. The van der Waals surface area contributed by atoms with E-state index in [1.165, 1.54) is 11.3 Å². The highest BCUT2D eigenvalue weighted by Gasteiger charge is 2.22. The lowest BCUT2D eigenvalue weighted by Crippen LogP contribution is -2.33. The lowest BCUT2D eigenvalue weighted by Gasteiger charge is -2.16. The topological polar surface area (TPSA) is 59.1 Å². The number of thiazole rings is 1. The normalized spacial score (nSPS) is 14.4. The molecule has 1 unspecified atom stereocenters. The molecular formula is C9H16N2O2S2. The molecule has 0 spiro atoms. The second-order valence-corrected chi connectivity index (χ2v) is 6.74. The Morgan fingerprint density at radius 3 is 2.60 bits per heavy atom. The molecular weight excluding hydrogens is 232 g/mol. The van der Waals surface area contributed by atoms with Gasteiger partial charge in [-0.1, -0.05) is 6.92 Å². The summed E-state index contributed by atoms with van der Waals surface area (Å²) in [4.78, 5) is 4.12. The molecule has 0 aromatic carbocycles. The van der Waals surface area contributed by atoms with Gasteiger partial charge in [0.15, 0.2) is 0 Å². The number of aromatic nitrogens is 1. The fourth-order valence-electron chi connectivity index (χ4n) is 1.05. The summed E-state index contributed by atoms with van der Waals surface area (Å²) in [6, 6.07) is -0.197. The number of rotatable bonds is 5. The Bertz CT molecular complexity index is 384. The van der Waals surface area contributed by atoms with E-state index in [1.807, 2.05) is 12.3 Å². The number of nitrogens with zero attached hydrogens (tertiary/aromatic N) is 1. The molecule has 0 bridgehead atoms. The number of nitrogens with one attached hydrogen (secondary N) is 1. The van der Waals surface area contributed by atoms with Gasteiger partial charge in [-0.3, -0.25) is 0 Å². The predicted molar refractivity (Wildman–Crippen MR) is 62.3 cm³/mol. The van der Waals surface area contributed by atoms with E-state index in [2.05, 4.69) is 9.71 Å². The molecule has 86 valence electrons. The Balaban J connectivity index is 2.80. The van der Waals surface area contributed by atoms with Crippen molar-refractivity contribution >= 4 is 21.4 Å². The molecule has 0 radical (unpaired) electrons. The summed E-state index contributed by atoms with van der Waals surface area (Å²) in [6.07, 6.45) is 2.39. The van der Waals surface area contributed by atoms with Crippen LogP contribution in [0, 0.1) is 0 Å². The summed E-state index contributed by atoms with van der Waals surface area (Å²) in [7, 11) is -3.22. The zero-order valence-corrected chi connectivity index (χ0v) is 10.7. The highest BCUT2D eigenvalue weighted by molar-refractivity contribution is 7.90. The lowest BCUT2D eigenvalue weighted by atomic mass is 10.3. The van der Waals surface area contributed by atoms with Gasteiger partial charge in [-0.25, -0.2) is 18.1 Å². The first-order valence-corrected chi connectivity index (χ1v) is 7.30. The first kappa shape index (κ1) is 12.6. The average molecular weight is 248 g/mol. The molecule has 1 heterocycles. The van der Waals surface area contributed by atoms with Crippen LogP contribution in [0.1, 0.15) is 38.2 Å². The summed E-state index contributed by atoms with van der Waals surface area (Å²) in [5, 5.41) is 2.26. The van der Waals surface area contributed by atoms with Crippen molar-refractivity contribution in [3.63, 3.8) is 0 Å². The van der Waals surface area contributed by atoms with E-state index in [0.29, 0.717) is 6.42 Å². The second kappa shape index (κ2) is 5.05. The van der Waals surface area contributed by atoms with E-state index >= 15 is 0 Å². The summed E-state index contributed by atoms with van der Waals surface area (Å²) in [6.45, 7) is 5.27. The Hall–Kier alpha value is -0.460. The van der Waals surface area contributed by atoms with Crippen molar-refractivity contribution in [2.24, 2.45) is 0 Å². The maximum Gasteiger partial charge on any atom is 0.214 e. The van der Waals surface area contributed by atoms with Crippen molar-refractivity contribution < 1.29 is 8.42 Å². The van der Waals surface area contributed by atoms with Crippen molar-refractivity contribution in [2.45, 2.75) is 38.5 Å². The third-order valence-electron chi connectivity index (χ3n) is 2.08. The molecule has 4 nitrogen and oxygen atoms in total. The van der Waals surface area contributed by atoms with Gasteiger partial charge in [-0.15, -0.1) is 11.3 Å². The van der Waals surface area contributed by atoms with Crippen molar-refractivity contribution in [3.05, 3.63) is 16.6 Å². The first-order valence-electron chi connectivity index (χ1n) is 4.88. The van der Waals surface area contributed by atoms with Crippen molar-refractivity contribution in [2.75, 3.05) is 0 Å². The van der Waals surface area contributed by atoms with Crippen molar-refractivity contribution in [3.8, 4) is 0 Å². The lowest BCUT2D eigenvalue weighted by molar-refractivity contribution is 0.541. The zero-order chi connectivity index (χ0) is 11.5. The third-order valence-corrected chi connectivity index (χ3v) is 4.83. The van der Waals surface area contributed by atoms with Crippen molar-refractivity contribution in [1.82, 2.24) is 9.71 Å². The summed E-state index contributed by atoms with van der Waals surface area (Å²) >= 11 is 1.47. The van der Waals surface area contributed by atoms with Crippen LogP contribution in [0.5, 0.6) is 0 Å². The second-order valence-electron chi connectivity index (χ2n) is 3.54. The highest BCUT2D eigenvalue weighted by atomic mass is 32.2. The van der Waals surface area contributed by atoms with E-state index < -0.39 is 15.3 Å². The van der Waals surface area contributed by atoms with Crippen LogP contribution in [0.4, 0.5) is 0 Å². The molecule has 0 aliphatic heterocycles. The smallest absolute Gasteiger partial charge is 0.214 e. The molecule has 1 aromatic rings. The van der Waals surface area contributed by atoms with Crippen LogP contribution < -0.4 is 4.72 Å². The monoisotopic (exact) mass is 248 g/mol. The van der Waals surface area contributed by atoms with Gasteiger partial charge in [0, 0.05) is 11.6 Å². The van der Waals surface area contributed by atoms with Gasteiger partial charge >= 0.3 is 0 Å². The molecule has 0 saturated heterocycles. The molecule has 0 aliphatic rings. The number of hydrogen-bond acceptors (Lipinski definition) is 4. The van der Waals surface area contributed by atoms with Crippen LogP contribution in [0.2, 0.25) is 0 Å². The summed E-state index contributed by atoms with van der Waals surface area (Å²) < 4.78 is 26.0. The quantitative estimate of drug-likeness (QED) is 0.866. The van der Waals surface area contributed by atoms with Gasteiger partial charge in [0.2, 0.25) is 10.0 Å². The molecule has 0 amide bonds. The maximum atomic E-state index is 11.7. The molecule has 1 rings (SSSR count). The third kappa shape index (κ3) is 3.25. The minimum atomic E-state index is -3.22. The van der Waals surface area contributed by atoms with Gasteiger partial charge < -0.3 is 0 Å². The fourth-order valence-corrected chi connectivity index (χ4v) is 2.84. The maximum absolute atomic E-state index is 11.7. The predicted octanol–water partition coefficient (Wildman–Crippen LogP) is 1.92. The molecule has 0 fully saturated rings. The van der Waals surface area contributed by atoms with E-state index in [1.54, 1.807) is 20.0 Å². The van der Waals surface area contributed by atoms with Gasteiger partial charge in [0.1, 0.15) is 5.01 Å². The van der Waals surface area contributed by atoms with E-state index in [-0.39, 0.29) is 6.04 Å². The zero-order valence-electron chi connectivity index (χ0n) is 9.10. The van der Waals surface area contributed by atoms with Crippen LogP contribution in [0.15, 0.2) is 11.6 Å². The van der Waals surface area contributed by atoms with Crippen LogP contribution in [-0.4, -0.2) is 18.7 Å². The van der Waals surface area contributed by atoms with Crippen LogP contribution in [0.3, 0.4) is 0 Å². The molecule has 15 heavy (non-hydrogen) atoms. The van der Waals surface area contributed by atoms with E-state index in [0.717, 1.165) is 5.01 Å². The van der Waals surface area contributed by atoms with E-state index in [4.69, 9.17) is 0 Å². The molecule has 0 saturated carbocycles. The average Bonchev–Trinajstić information content (AvgIpc) is 2.66. The Kier molecular flexibility index (Phi) is 4.24. The minimum Gasteiger partial charge on any atom is -0.248 e. The molecule has 0 aliphatic carbocycles. The molecule has 1 atom stereocenters. The molecule has 6 heteroatoms. The molecule has 1 aromatic heterocycles. The summed E-state index contributed by atoms with van der Waals surface area (Å²) in [5.41, 5.74) is 0. The SMILES string of the molecule is CCC(NS(=O)(=O)C(C)C)c1nccs1. The standard InChI is InChI=1S/C9H16N2O2S2/c1-4-8(9-10-5-6-14-9)11-15(12,13)7(2)3/h5-8,11H,4H2,1-3H3. The Labute approximate surface area is 94.8 Å². The van der Waals surface area contributed by atoms with Gasteiger partial charge in [-0.2, -0.15) is 0 Å². The largest absolute Gasteiger partial charge is 0.248 e.